The van der Waals surface area contributed by atoms with Crippen molar-refractivity contribution in [2.24, 2.45) is 5.73 Å². The smallest absolute Gasteiger partial charge is 0.159 e. The molecule has 0 spiro atoms. The predicted molar refractivity (Wildman–Crippen MR) is 65.4 cm³/mol. The molecule has 0 aliphatic rings. The van der Waals surface area contributed by atoms with Crippen LogP contribution in [0.15, 0.2) is 43.2 Å². The fourth-order valence-corrected chi connectivity index (χ4v) is 1.35. The normalized spacial score (nSPS) is 10.1. The molecule has 0 aliphatic heterocycles. The Morgan fingerprint density at radius 3 is 2.19 bits per heavy atom. The molecule has 0 unspecified atom stereocenters. The second-order valence-electron chi connectivity index (χ2n) is 3.69. The number of nitrogens with zero attached hydrogens (tertiary/aromatic N) is 2. The Morgan fingerprint density at radius 2 is 1.69 bits per heavy atom. The molecule has 3 nitrogen and oxygen atoms in total. The number of benzene rings is 1. The summed E-state index contributed by atoms with van der Waals surface area (Å²) in [5.41, 5.74) is 9.01. The van der Waals surface area contributed by atoms with Gasteiger partial charge in [-0.05, 0) is 6.92 Å². The van der Waals surface area contributed by atoms with Crippen molar-refractivity contribution in [3.8, 4) is 11.4 Å². The van der Waals surface area contributed by atoms with Gasteiger partial charge in [0.25, 0.3) is 0 Å². The highest BCUT2D eigenvalue weighted by Gasteiger charge is 2.01. The third-order valence-corrected chi connectivity index (χ3v) is 2.33. The van der Waals surface area contributed by atoms with Crippen LogP contribution < -0.4 is 5.73 Å². The van der Waals surface area contributed by atoms with E-state index in [2.05, 4.69) is 16.5 Å². The second kappa shape index (κ2) is 4.14. The maximum Gasteiger partial charge on any atom is 0.159 e. The van der Waals surface area contributed by atoms with E-state index in [0.29, 0.717) is 11.5 Å². The lowest BCUT2D eigenvalue weighted by Crippen LogP contribution is -1.97. The van der Waals surface area contributed by atoms with Gasteiger partial charge in [0, 0.05) is 29.2 Å². The molecule has 1 aromatic carbocycles. The van der Waals surface area contributed by atoms with Gasteiger partial charge in [0.2, 0.25) is 0 Å². The van der Waals surface area contributed by atoms with E-state index in [9.17, 15) is 0 Å². The Labute approximate surface area is 94.7 Å². The molecular formula is C13H13N3. The summed E-state index contributed by atoms with van der Waals surface area (Å²) >= 11 is 0. The van der Waals surface area contributed by atoms with Gasteiger partial charge in [0.05, 0.1) is 0 Å². The van der Waals surface area contributed by atoms with Gasteiger partial charge in [0.15, 0.2) is 5.82 Å². The molecule has 0 bridgehead atoms. The molecule has 80 valence electrons. The highest BCUT2D eigenvalue weighted by molar-refractivity contribution is 5.61. The van der Waals surface area contributed by atoms with E-state index in [-0.39, 0.29) is 0 Å². The summed E-state index contributed by atoms with van der Waals surface area (Å²) in [4.78, 5) is 8.50. The summed E-state index contributed by atoms with van der Waals surface area (Å²) in [6, 6.07) is 8.08. The third kappa shape index (κ3) is 2.08. The average Bonchev–Trinajstić information content (AvgIpc) is 2.30. The Bertz CT molecular complexity index is 498. The van der Waals surface area contributed by atoms with E-state index < -0.39 is 0 Å². The van der Waals surface area contributed by atoms with Gasteiger partial charge >= 0.3 is 0 Å². The fraction of sp³-hybridized carbons (Fsp3) is 0.0769. The highest BCUT2D eigenvalue weighted by atomic mass is 14.9. The summed E-state index contributed by atoms with van der Waals surface area (Å²) in [6.45, 7) is 5.68. The summed E-state index contributed by atoms with van der Waals surface area (Å²) in [6.07, 6.45) is 3.37. The van der Waals surface area contributed by atoms with Gasteiger partial charge in [0.1, 0.15) is 0 Å². The van der Waals surface area contributed by atoms with Crippen LogP contribution in [0.4, 0.5) is 0 Å². The summed E-state index contributed by atoms with van der Waals surface area (Å²) in [5.74, 6) is 0.699. The van der Waals surface area contributed by atoms with E-state index in [1.807, 2.05) is 31.2 Å². The first-order valence-corrected chi connectivity index (χ1v) is 5.00. The molecule has 0 saturated heterocycles. The maximum absolute atomic E-state index is 5.55. The lowest BCUT2D eigenvalue weighted by Gasteiger charge is -2.02. The van der Waals surface area contributed by atoms with E-state index in [1.165, 1.54) is 5.56 Å². The number of aryl methyl sites for hydroxylation is 1. The van der Waals surface area contributed by atoms with E-state index in [4.69, 9.17) is 5.73 Å². The van der Waals surface area contributed by atoms with E-state index >= 15 is 0 Å². The Hall–Kier alpha value is -2.16. The first kappa shape index (κ1) is 10.4. The number of hydrogen-bond donors (Lipinski definition) is 1. The number of rotatable bonds is 2. The zero-order valence-electron chi connectivity index (χ0n) is 9.14. The van der Waals surface area contributed by atoms with Crippen LogP contribution in [0.3, 0.4) is 0 Å². The van der Waals surface area contributed by atoms with E-state index in [1.54, 1.807) is 12.4 Å². The molecule has 1 heterocycles. The highest BCUT2D eigenvalue weighted by Crippen LogP contribution is 2.15. The lowest BCUT2D eigenvalue weighted by molar-refractivity contribution is 1.16. The van der Waals surface area contributed by atoms with Crippen molar-refractivity contribution >= 4 is 5.70 Å². The van der Waals surface area contributed by atoms with Crippen LogP contribution in [0.2, 0.25) is 0 Å². The maximum atomic E-state index is 5.55. The molecule has 0 saturated carbocycles. The molecule has 0 aliphatic carbocycles. The second-order valence-corrected chi connectivity index (χ2v) is 3.69. The first-order chi connectivity index (χ1) is 7.66. The molecule has 0 radical (unpaired) electrons. The predicted octanol–water partition coefficient (Wildman–Crippen LogP) is 2.38. The summed E-state index contributed by atoms with van der Waals surface area (Å²) in [5, 5.41) is 0. The Morgan fingerprint density at radius 1 is 1.12 bits per heavy atom. The standard InChI is InChI=1S/C13H13N3/c1-9-3-5-11(6-4-9)13-15-7-12(8-16-13)10(2)14/h3-8H,2,14H2,1H3. The van der Waals surface area contributed by atoms with Crippen LogP contribution in [-0.4, -0.2) is 9.97 Å². The number of hydrogen-bond acceptors (Lipinski definition) is 3. The molecule has 3 heteroatoms. The number of nitrogens with two attached hydrogens (primary N) is 1. The largest absolute Gasteiger partial charge is 0.399 e. The average molecular weight is 211 g/mol. The van der Waals surface area contributed by atoms with Gasteiger partial charge in [-0.15, -0.1) is 0 Å². The van der Waals surface area contributed by atoms with Crippen molar-refractivity contribution < 1.29 is 0 Å². The van der Waals surface area contributed by atoms with Crippen molar-refractivity contribution in [1.82, 2.24) is 9.97 Å². The molecule has 0 atom stereocenters. The van der Waals surface area contributed by atoms with Crippen LogP contribution in [0.1, 0.15) is 11.1 Å². The van der Waals surface area contributed by atoms with Gasteiger partial charge < -0.3 is 5.73 Å². The van der Waals surface area contributed by atoms with Gasteiger partial charge in [-0.25, -0.2) is 9.97 Å². The van der Waals surface area contributed by atoms with Crippen molar-refractivity contribution in [3.05, 3.63) is 54.4 Å². The minimum atomic E-state index is 0.482. The molecule has 1 aromatic heterocycles. The first-order valence-electron chi connectivity index (χ1n) is 5.00. The van der Waals surface area contributed by atoms with Crippen LogP contribution in [0.25, 0.3) is 17.1 Å². The SMILES string of the molecule is C=C(N)c1cnc(-c2ccc(C)cc2)nc1. The monoisotopic (exact) mass is 211 g/mol. The molecule has 16 heavy (non-hydrogen) atoms. The van der Waals surface area contributed by atoms with Crippen molar-refractivity contribution in [3.63, 3.8) is 0 Å². The third-order valence-electron chi connectivity index (χ3n) is 2.33. The molecule has 2 N–H and O–H groups in total. The van der Waals surface area contributed by atoms with Crippen molar-refractivity contribution in [2.45, 2.75) is 6.92 Å². The van der Waals surface area contributed by atoms with Crippen molar-refractivity contribution in [1.29, 1.82) is 0 Å². The van der Waals surface area contributed by atoms with E-state index in [0.717, 1.165) is 11.1 Å². The Balaban J connectivity index is 2.34. The minimum absolute atomic E-state index is 0.482. The minimum Gasteiger partial charge on any atom is -0.399 e. The van der Waals surface area contributed by atoms with Crippen LogP contribution in [0, 0.1) is 6.92 Å². The zero-order chi connectivity index (χ0) is 11.5. The number of aromatic nitrogens is 2. The molecule has 0 amide bonds. The van der Waals surface area contributed by atoms with Gasteiger partial charge in [-0.2, -0.15) is 0 Å². The van der Waals surface area contributed by atoms with Crippen LogP contribution in [0.5, 0.6) is 0 Å². The quantitative estimate of drug-likeness (QED) is 0.829. The van der Waals surface area contributed by atoms with Crippen LogP contribution >= 0.6 is 0 Å². The van der Waals surface area contributed by atoms with Crippen molar-refractivity contribution in [2.75, 3.05) is 0 Å². The summed E-state index contributed by atoms with van der Waals surface area (Å²) in [7, 11) is 0. The topological polar surface area (TPSA) is 51.8 Å². The van der Waals surface area contributed by atoms with Crippen LogP contribution in [-0.2, 0) is 0 Å². The lowest BCUT2D eigenvalue weighted by atomic mass is 10.1. The van der Waals surface area contributed by atoms with Gasteiger partial charge in [-0.1, -0.05) is 36.4 Å². The summed E-state index contributed by atoms with van der Waals surface area (Å²) < 4.78 is 0. The molecular weight excluding hydrogens is 198 g/mol. The zero-order valence-corrected chi connectivity index (χ0v) is 9.14. The molecule has 0 fully saturated rings. The molecule has 2 aromatic rings. The molecule has 2 rings (SSSR count). The van der Waals surface area contributed by atoms with Gasteiger partial charge in [-0.3, -0.25) is 0 Å². The Kier molecular flexibility index (Phi) is 2.68. The fourth-order valence-electron chi connectivity index (χ4n) is 1.35.